The molecule has 1 atom stereocenters. The van der Waals surface area contributed by atoms with Crippen molar-refractivity contribution in [3.8, 4) is 5.75 Å². The zero-order chi connectivity index (χ0) is 21.8. The molecule has 158 valence electrons. The summed E-state index contributed by atoms with van der Waals surface area (Å²) in [5.74, 6) is -0.961. The van der Waals surface area contributed by atoms with Gasteiger partial charge in [0.15, 0.2) is 0 Å². The van der Waals surface area contributed by atoms with Crippen LogP contribution < -0.4 is 26.2 Å². The van der Waals surface area contributed by atoms with Crippen molar-refractivity contribution in [2.45, 2.75) is 18.9 Å². The predicted molar refractivity (Wildman–Crippen MR) is 115 cm³/mol. The Bertz CT molecular complexity index is 1180. The van der Waals surface area contributed by atoms with Crippen LogP contribution in [-0.4, -0.2) is 28.9 Å². The van der Waals surface area contributed by atoms with Crippen molar-refractivity contribution in [1.29, 1.82) is 0 Å². The van der Waals surface area contributed by atoms with E-state index in [9.17, 15) is 14.4 Å². The molecule has 0 saturated carbocycles. The van der Waals surface area contributed by atoms with Crippen molar-refractivity contribution in [2.75, 3.05) is 17.7 Å². The average molecular weight is 419 g/mol. The van der Waals surface area contributed by atoms with Gasteiger partial charge in [0.2, 0.25) is 17.8 Å². The fraction of sp³-hybridized carbons (Fsp3) is 0.182. The van der Waals surface area contributed by atoms with Crippen molar-refractivity contribution in [3.05, 3.63) is 76.1 Å². The Morgan fingerprint density at radius 2 is 1.87 bits per heavy atom. The Kier molecular flexibility index (Phi) is 5.65. The maximum atomic E-state index is 12.8. The van der Waals surface area contributed by atoms with E-state index >= 15 is 0 Å². The number of aromatic nitrogens is 2. The number of rotatable bonds is 6. The molecule has 2 aromatic carbocycles. The molecular weight excluding hydrogens is 398 g/mol. The molecule has 0 aliphatic carbocycles. The van der Waals surface area contributed by atoms with Crippen molar-refractivity contribution in [2.24, 2.45) is 0 Å². The summed E-state index contributed by atoms with van der Waals surface area (Å²) in [5.41, 5.74) is 1.14. The smallest absolute Gasteiger partial charge is 0.258 e. The summed E-state index contributed by atoms with van der Waals surface area (Å²) in [6.07, 6.45) is -0.127. The second-order valence-electron chi connectivity index (χ2n) is 7.01. The van der Waals surface area contributed by atoms with Gasteiger partial charge in [0.05, 0.1) is 24.3 Å². The number of carbonyl (C=O) groups excluding carboxylic acids is 2. The highest BCUT2D eigenvalue weighted by molar-refractivity contribution is 6.00. The first-order valence-electron chi connectivity index (χ1n) is 9.71. The van der Waals surface area contributed by atoms with E-state index in [-0.39, 0.29) is 29.7 Å². The summed E-state index contributed by atoms with van der Waals surface area (Å²) >= 11 is 0. The van der Waals surface area contributed by atoms with Gasteiger partial charge in [-0.3, -0.25) is 19.4 Å². The number of benzene rings is 2. The third-order valence-electron chi connectivity index (χ3n) is 4.94. The molecule has 4 rings (SSSR count). The maximum Gasteiger partial charge on any atom is 0.258 e. The molecule has 2 heterocycles. The quantitative estimate of drug-likeness (QED) is 0.486. The van der Waals surface area contributed by atoms with Gasteiger partial charge in [-0.1, -0.05) is 42.5 Å². The number of para-hydroxylation sites is 2. The molecule has 1 aliphatic heterocycles. The minimum absolute atomic E-state index is 0.0669. The van der Waals surface area contributed by atoms with Gasteiger partial charge in [-0.05, 0) is 17.7 Å². The zero-order valence-electron chi connectivity index (χ0n) is 16.8. The van der Waals surface area contributed by atoms with E-state index in [0.717, 1.165) is 5.56 Å². The third-order valence-corrected chi connectivity index (χ3v) is 4.94. The lowest BCUT2D eigenvalue weighted by atomic mass is 9.92. The lowest BCUT2D eigenvalue weighted by Crippen LogP contribution is -2.39. The summed E-state index contributed by atoms with van der Waals surface area (Å²) in [5, 5.41) is 8.36. The predicted octanol–water partition coefficient (Wildman–Crippen LogP) is 2.26. The van der Waals surface area contributed by atoms with Gasteiger partial charge in [-0.2, -0.15) is 4.98 Å². The molecule has 0 radical (unpaired) electrons. The maximum absolute atomic E-state index is 12.8. The van der Waals surface area contributed by atoms with E-state index in [1.54, 1.807) is 18.2 Å². The molecule has 1 aromatic heterocycles. The number of methoxy groups -OCH3 is 1. The second-order valence-corrected chi connectivity index (χ2v) is 7.01. The number of nitrogens with zero attached hydrogens (tertiary/aromatic N) is 1. The van der Waals surface area contributed by atoms with Crippen LogP contribution in [0, 0.1) is 0 Å². The number of aromatic amines is 1. The van der Waals surface area contributed by atoms with E-state index in [0.29, 0.717) is 18.0 Å². The topological polar surface area (TPSA) is 125 Å². The Morgan fingerprint density at radius 3 is 2.65 bits per heavy atom. The van der Waals surface area contributed by atoms with Gasteiger partial charge < -0.3 is 20.7 Å². The molecule has 3 aromatic rings. The van der Waals surface area contributed by atoms with Crippen LogP contribution in [0.5, 0.6) is 5.75 Å². The number of hydrogen-bond acceptors (Lipinski definition) is 6. The Balaban J connectivity index is 1.59. The molecule has 0 spiro atoms. The fourth-order valence-corrected chi connectivity index (χ4v) is 3.44. The van der Waals surface area contributed by atoms with Crippen LogP contribution in [0.1, 0.15) is 23.5 Å². The van der Waals surface area contributed by atoms with Crippen LogP contribution in [0.4, 0.5) is 17.5 Å². The number of nitrogens with one attached hydrogen (secondary N) is 4. The molecule has 0 fully saturated rings. The Labute approximate surface area is 177 Å². The molecule has 0 bridgehead atoms. The summed E-state index contributed by atoms with van der Waals surface area (Å²) in [4.78, 5) is 44.8. The first-order chi connectivity index (χ1) is 15.0. The minimum atomic E-state index is -0.927. The molecule has 0 unspecified atom stereocenters. The number of amides is 2. The minimum Gasteiger partial charge on any atom is -0.495 e. The van der Waals surface area contributed by atoms with Crippen molar-refractivity contribution < 1.29 is 14.3 Å². The molecule has 4 N–H and O–H groups in total. The molecule has 1 aliphatic rings. The first-order valence-corrected chi connectivity index (χ1v) is 9.71. The number of fused-ring (bicyclic) bond motifs is 1. The number of carbonyl (C=O) groups is 2. The summed E-state index contributed by atoms with van der Waals surface area (Å²) in [6, 6.07) is 16.5. The van der Waals surface area contributed by atoms with E-state index < -0.39 is 17.4 Å². The Hall–Kier alpha value is -4.14. The van der Waals surface area contributed by atoms with Crippen molar-refractivity contribution in [3.63, 3.8) is 0 Å². The zero-order valence-corrected chi connectivity index (χ0v) is 16.8. The van der Waals surface area contributed by atoms with Crippen LogP contribution in [0.3, 0.4) is 0 Å². The second kappa shape index (κ2) is 8.70. The van der Waals surface area contributed by atoms with Gasteiger partial charge in [0, 0.05) is 13.0 Å². The highest BCUT2D eigenvalue weighted by Gasteiger charge is 2.34. The number of anilines is 3. The molecule has 31 heavy (non-hydrogen) atoms. The van der Waals surface area contributed by atoms with Gasteiger partial charge >= 0.3 is 0 Å². The highest BCUT2D eigenvalue weighted by atomic mass is 16.5. The van der Waals surface area contributed by atoms with Gasteiger partial charge in [0.25, 0.3) is 5.56 Å². The normalized spacial score (nSPS) is 14.9. The lowest BCUT2D eigenvalue weighted by molar-refractivity contribution is -0.126. The van der Waals surface area contributed by atoms with Gasteiger partial charge in [-0.25, -0.2) is 0 Å². The third kappa shape index (κ3) is 4.40. The monoisotopic (exact) mass is 419 g/mol. The number of H-pyrrole nitrogens is 1. The van der Waals surface area contributed by atoms with Gasteiger partial charge in [-0.15, -0.1) is 0 Å². The molecule has 9 nitrogen and oxygen atoms in total. The highest BCUT2D eigenvalue weighted by Crippen LogP contribution is 2.30. The van der Waals surface area contributed by atoms with Crippen molar-refractivity contribution >= 4 is 29.3 Å². The lowest BCUT2D eigenvalue weighted by Gasteiger charge is -2.23. The van der Waals surface area contributed by atoms with E-state index in [1.807, 2.05) is 36.4 Å². The van der Waals surface area contributed by atoms with E-state index in [2.05, 4.69) is 25.9 Å². The van der Waals surface area contributed by atoms with E-state index in [4.69, 9.17) is 4.74 Å². The Morgan fingerprint density at radius 1 is 1.13 bits per heavy atom. The van der Waals surface area contributed by atoms with Crippen LogP contribution >= 0.6 is 0 Å². The largest absolute Gasteiger partial charge is 0.495 e. The molecule has 9 heteroatoms. The standard InChI is InChI=1S/C22H21N5O4/c1-31-16-10-6-5-9-15(16)24-22-26-19-18(21(30)27-22)14(11-17(28)25-19)20(29)23-12-13-7-3-2-4-8-13/h2-10,14H,11-12H2,1H3,(H,23,29)(H3,24,25,26,27,28,30)/t14-/m1/s1. The molecular formula is C22H21N5O4. The van der Waals surface area contributed by atoms with Crippen LogP contribution in [0.2, 0.25) is 0 Å². The summed E-state index contributed by atoms with van der Waals surface area (Å²) in [7, 11) is 1.53. The number of hydrogen-bond donors (Lipinski definition) is 4. The van der Waals surface area contributed by atoms with Crippen molar-refractivity contribution in [1.82, 2.24) is 15.3 Å². The summed E-state index contributed by atoms with van der Waals surface area (Å²) in [6.45, 7) is 0.298. The van der Waals surface area contributed by atoms with Crippen LogP contribution in [-0.2, 0) is 16.1 Å². The van der Waals surface area contributed by atoms with Gasteiger partial charge in [0.1, 0.15) is 11.6 Å². The summed E-state index contributed by atoms with van der Waals surface area (Å²) < 4.78 is 5.28. The molecule has 0 saturated heterocycles. The first kappa shape index (κ1) is 20.1. The SMILES string of the molecule is COc1ccccc1Nc1nc2c(c(=O)[nH]1)[C@H](C(=O)NCc1ccccc1)CC(=O)N2. The fourth-order valence-electron chi connectivity index (χ4n) is 3.44. The molecule has 2 amide bonds. The van der Waals surface area contributed by atoms with Crippen LogP contribution in [0.15, 0.2) is 59.4 Å². The van der Waals surface area contributed by atoms with E-state index in [1.165, 1.54) is 7.11 Å². The number of ether oxygens (including phenoxy) is 1. The van der Waals surface area contributed by atoms with Crippen LogP contribution in [0.25, 0.3) is 0 Å². The average Bonchev–Trinajstić information content (AvgIpc) is 2.77.